The van der Waals surface area contributed by atoms with Gasteiger partial charge in [-0.1, -0.05) is 0 Å². The summed E-state index contributed by atoms with van der Waals surface area (Å²) in [5.74, 6) is 0. The number of thiophene rings is 1. The van der Waals surface area contributed by atoms with Crippen LogP contribution in [0.1, 0.15) is 30.1 Å². The second-order valence-corrected chi connectivity index (χ2v) is 5.01. The van der Waals surface area contributed by atoms with E-state index in [2.05, 4.69) is 31.7 Å². The topological polar surface area (TPSA) is 29.9 Å². The first-order chi connectivity index (χ1) is 7.93. The Morgan fingerprint density at radius 1 is 1.56 bits per heavy atom. The molecular weight excluding hydrogens is 218 g/mol. The summed E-state index contributed by atoms with van der Waals surface area (Å²) in [5, 5.41) is 7.85. The highest BCUT2D eigenvalue weighted by Crippen LogP contribution is 2.23. The van der Waals surface area contributed by atoms with Gasteiger partial charge in [0.2, 0.25) is 0 Å². The van der Waals surface area contributed by atoms with Gasteiger partial charge in [0, 0.05) is 18.8 Å². The fraction of sp³-hybridized carbons (Fsp3) is 0.417. The van der Waals surface area contributed by atoms with Crippen LogP contribution < -0.4 is 5.32 Å². The molecule has 1 saturated heterocycles. The van der Waals surface area contributed by atoms with Crippen LogP contribution in [0.25, 0.3) is 0 Å². The molecular formula is C12H15N3S. The third kappa shape index (κ3) is 1.90. The smallest absolute Gasteiger partial charge is 0.0951 e. The molecule has 1 aliphatic heterocycles. The SMILES string of the molecule is c1cc(Cn2cncc2[C@@H]2CCCN2)cs1. The third-order valence-electron chi connectivity index (χ3n) is 3.09. The van der Waals surface area contributed by atoms with Crippen molar-refractivity contribution in [2.45, 2.75) is 25.4 Å². The summed E-state index contributed by atoms with van der Waals surface area (Å²) in [6, 6.07) is 2.68. The fourth-order valence-electron chi connectivity index (χ4n) is 2.27. The van der Waals surface area contributed by atoms with E-state index in [0.717, 1.165) is 13.1 Å². The predicted molar refractivity (Wildman–Crippen MR) is 65.6 cm³/mol. The molecule has 0 amide bonds. The van der Waals surface area contributed by atoms with E-state index >= 15 is 0 Å². The van der Waals surface area contributed by atoms with Gasteiger partial charge in [0.05, 0.1) is 12.0 Å². The van der Waals surface area contributed by atoms with Crippen LogP contribution in [0.2, 0.25) is 0 Å². The first-order valence-corrected chi connectivity index (χ1v) is 6.62. The summed E-state index contributed by atoms with van der Waals surface area (Å²) in [6.45, 7) is 2.07. The summed E-state index contributed by atoms with van der Waals surface area (Å²) < 4.78 is 2.26. The van der Waals surface area contributed by atoms with Gasteiger partial charge in [0.1, 0.15) is 0 Å². The van der Waals surface area contributed by atoms with Crippen molar-refractivity contribution in [3.63, 3.8) is 0 Å². The van der Waals surface area contributed by atoms with Crippen molar-refractivity contribution >= 4 is 11.3 Å². The molecule has 0 aliphatic carbocycles. The standard InChI is InChI=1S/C12H15N3S/c1-2-11(14-4-1)12-6-13-9-15(12)7-10-3-5-16-8-10/h3,5-6,8-9,11,14H,1-2,4,7H2/t11-/m0/s1. The highest BCUT2D eigenvalue weighted by atomic mass is 32.1. The third-order valence-corrected chi connectivity index (χ3v) is 3.83. The van der Waals surface area contributed by atoms with Crippen LogP contribution in [-0.2, 0) is 6.54 Å². The van der Waals surface area contributed by atoms with E-state index in [9.17, 15) is 0 Å². The van der Waals surface area contributed by atoms with Gasteiger partial charge >= 0.3 is 0 Å². The largest absolute Gasteiger partial charge is 0.329 e. The van der Waals surface area contributed by atoms with Gasteiger partial charge < -0.3 is 9.88 Å². The number of imidazole rings is 1. The maximum atomic E-state index is 4.27. The number of aromatic nitrogens is 2. The van der Waals surface area contributed by atoms with Gasteiger partial charge in [0.25, 0.3) is 0 Å². The minimum Gasteiger partial charge on any atom is -0.329 e. The minimum absolute atomic E-state index is 0.501. The van der Waals surface area contributed by atoms with Crippen molar-refractivity contribution < 1.29 is 0 Å². The molecule has 0 aromatic carbocycles. The second-order valence-electron chi connectivity index (χ2n) is 4.23. The van der Waals surface area contributed by atoms with Crippen LogP contribution >= 0.6 is 11.3 Å². The Bertz CT molecular complexity index is 441. The van der Waals surface area contributed by atoms with Crippen LogP contribution in [-0.4, -0.2) is 16.1 Å². The molecule has 2 aromatic rings. The van der Waals surface area contributed by atoms with E-state index in [0.29, 0.717) is 6.04 Å². The Balaban J connectivity index is 1.82. The lowest BCUT2D eigenvalue weighted by molar-refractivity contribution is 0.584. The van der Waals surface area contributed by atoms with Crippen molar-refractivity contribution in [1.29, 1.82) is 0 Å². The molecule has 3 rings (SSSR count). The van der Waals surface area contributed by atoms with E-state index in [4.69, 9.17) is 0 Å². The molecule has 3 nitrogen and oxygen atoms in total. The molecule has 0 radical (unpaired) electrons. The molecule has 1 aliphatic rings. The molecule has 0 saturated carbocycles. The molecule has 0 unspecified atom stereocenters. The average molecular weight is 233 g/mol. The van der Waals surface area contributed by atoms with Crippen LogP contribution in [0.5, 0.6) is 0 Å². The van der Waals surface area contributed by atoms with Crippen LogP contribution in [0, 0.1) is 0 Å². The van der Waals surface area contributed by atoms with Crippen LogP contribution in [0.4, 0.5) is 0 Å². The average Bonchev–Trinajstić information content (AvgIpc) is 2.98. The first-order valence-electron chi connectivity index (χ1n) is 5.68. The number of hydrogen-bond acceptors (Lipinski definition) is 3. The van der Waals surface area contributed by atoms with Crippen molar-refractivity contribution in [3.05, 3.63) is 40.6 Å². The summed E-state index contributed by atoms with van der Waals surface area (Å²) in [4.78, 5) is 4.27. The monoisotopic (exact) mass is 233 g/mol. The molecule has 4 heteroatoms. The Kier molecular flexibility index (Phi) is 2.76. The van der Waals surface area contributed by atoms with E-state index in [-0.39, 0.29) is 0 Å². The molecule has 0 bridgehead atoms. The zero-order valence-corrected chi connectivity index (χ0v) is 9.91. The normalized spacial score (nSPS) is 20.4. The molecule has 3 heterocycles. The summed E-state index contributed by atoms with van der Waals surface area (Å²) in [7, 11) is 0. The highest BCUT2D eigenvalue weighted by Gasteiger charge is 2.19. The Hall–Kier alpha value is -1.13. The molecule has 2 aromatic heterocycles. The lowest BCUT2D eigenvalue weighted by Crippen LogP contribution is -2.17. The van der Waals surface area contributed by atoms with Crippen LogP contribution in [0.15, 0.2) is 29.4 Å². The Labute approximate surface area is 99.1 Å². The highest BCUT2D eigenvalue weighted by molar-refractivity contribution is 7.07. The Morgan fingerprint density at radius 2 is 2.56 bits per heavy atom. The summed E-state index contributed by atoms with van der Waals surface area (Å²) in [6.07, 6.45) is 6.44. The second kappa shape index (κ2) is 4.39. The molecule has 1 N–H and O–H groups in total. The van der Waals surface area contributed by atoms with Gasteiger partial charge in [-0.2, -0.15) is 11.3 Å². The van der Waals surface area contributed by atoms with Crippen molar-refractivity contribution in [3.8, 4) is 0 Å². The van der Waals surface area contributed by atoms with Gasteiger partial charge in [0.15, 0.2) is 0 Å². The fourth-order valence-corrected chi connectivity index (χ4v) is 2.93. The lowest BCUT2D eigenvalue weighted by Gasteiger charge is -2.13. The molecule has 0 spiro atoms. The van der Waals surface area contributed by atoms with Gasteiger partial charge in [-0.15, -0.1) is 0 Å². The van der Waals surface area contributed by atoms with Gasteiger partial charge in [-0.05, 0) is 41.8 Å². The summed E-state index contributed by atoms with van der Waals surface area (Å²) >= 11 is 1.75. The first kappa shape index (κ1) is 10.1. The Morgan fingerprint density at radius 3 is 3.31 bits per heavy atom. The van der Waals surface area contributed by atoms with Gasteiger partial charge in [-0.25, -0.2) is 4.98 Å². The number of nitrogens with one attached hydrogen (secondary N) is 1. The number of hydrogen-bond donors (Lipinski definition) is 1. The van der Waals surface area contributed by atoms with Crippen molar-refractivity contribution in [2.24, 2.45) is 0 Å². The number of nitrogens with zero attached hydrogens (tertiary/aromatic N) is 2. The van der Waals surface area contributed by atoms with Crippen LogP contribution in [0.3, 0.4) is 0 Å². The zero-order valence-electron chi connectivity index (χ0n) is 9.10. The minimum atomic E-state index is 0.501. The molecule has 84 valence electrons. The maximum absolute atomic E-state index is 4.27. The van der Waals surface area contributed by atoms with Crippen molar-refractivity contribution in [1.82, 2.24) is 14.9 Å². The quantitative estimate of drug-likeness (QED) is 0.882. The molecule has 16 heavy (non-hydrogen) atoms. The van der Waals surface area contributed by atoms with E-state index in [1.165, 1.54) is 24.1 Å². The maximum Gasteiger partial charge on any atom is 0.0951 e. The number of rotatable bonds is 3. The van der Waals surface area contributed by atoms with Gasteiger partial charge in [-0.3, -0.25) is 0 Å². The predicted octanol–water partition coefficient (Wildman–Crippen LogP) is 2.42. The lowest BCUT2D eigenvalue weighted by atomic mass is 10.1. The molecule has 1 atom stereocenters. The van der Waals surface area contributed by atoms with E-state index < -0.39 is 0 Å². The van der Waals surface area contributed by atoms with E-state index in [1.54, 1.807) is 11.3 Å². The van der Waals surface area contributed by atoms with Crippen molar-refractivity contribution in [2.75, 3.05) is 6.54 Å². The molecule has 1 fully saturated rings. The zero-order chi connectivity index (χ0) is 10.8. The summed E-state index contributed by atoms with van der Waals surface area (Å²) in [5.41, 5.74) is 2.69. The van der Waals surface area contributed by atoms with E-state index in [1.807, 2.05) is 12.5 Å².